The van der Waals surface area contributed by atoms with Gasteiger partial charge < -0.3 is 19.7 Å². The van der Waals surface area contributed by atoms with Gasteiger partial charge in [-0.2, -0.15) is 0 Å². The standard InChI is InChI=1S/C26H30N4O3/c1-32-23-10-8-19(18-24(23)33-2)12-15-27-26(31)21-13-16-30(17-14-21)25-11-9-22(28-29-25)20-6-4-3-5-7-20/h3-11,18,21H,12-17H2,1-2H3,(H,27,31). The minimum atomic E-state index is 0.0307. The van der Waals surface area contributed by atoms with Crippen LogP contribution >= 0.6 is 0 Å². The Hall–Kier alpha value is -3.61. The molecule has 0 aliphatic carbocycles. The second kappa shape index (κ2) is 10.8. The van der Waals surface area contributed by atoms with Gasteiger partial charge in [-0.25, -0.2) is 0 Å². The molecule has 0 atom stereocenters. The quantitative estimate of drug-likeness (QED) is 0.568. The molecule has 0 radical (unpaired) electrons. The van der Waals surface area contributed by atoms with Crippen LogP contribution in [-0.4, -0.2) is 50.0 Å². The topological polar surface area (TPSA) is 76.6 Å². The summed E-state index contributed by atoms with van der Waals surface area (Å²) in [7, 11) is 3.24. The number of carbonyl (C=O) groups excluding carboxylic acids is 1. The number of piperidine rings is 1. The number of hydrogen-bond acceptors (Lipinski definition) is 6. The Morgan fingerprint density at radius 3 is 2.39 bits per heavy atom. The average molecular weight is 447 g/mol. The van der Waals surface area contributed by atoms with Gasteiger partial charge in [0.2, 0.25) is 5.91 Å². The van der Waals surface area contributed by atoms with Crippen molar-refractivity contribution in [1.82, 2.24) is 15.5 Å². The molecule has 33 heavy (non-hydrogen) atoms. The summed E-state index contributed by atoms with van der Waals surface area (Å²) in [5, 5.41) is 11.9. The van der Waals surface area contributed by atoms with Gasteiger partial charge >= 0.3 is 0 Å². The maximum atomic E-state index is 12.7. The summed E-state index contributed by atoms with van der Waals surface area (Å²) < 4.78 is 10.6. The van der Waals surface area contributed by atoms with Gasteiger partial charge in [-0.1, -0.05) is 36.4 Å². The summed E-state index contributed by atoms with van der Waals surface area (Å²) in [4.78, 5) is 14.9. The highest BCUT2D eigenvalue weighted by atomic mass is 16.5. The molecule has 1 N–H and O–H groups in total. The Kier molecular flexibility index (Phi) is 7.40. The number of ether oxygens (including phenoxy) is 2. The number of benzene rings is 2. The molecule has 1 aliphatic rings. The lowest BCUT2D eigenvalue weighted by Crippen LogP contribution is -2.41. The largest absolute Gasteiger partial charge is 0.493 e. The molecular weight excluding hydrogens is 416 g/mol. The van der Waals surface area contributed by atoms with Gasteiger partial charge in [0.25, 0.3) is 0 Å². The maximum absolute atomic E-state index is 12.7. The number of anilines is 1. The molecule has 0 bridgehead atoms. The van der Waals surface area contributed by atoms with Crippen molar-refractivity contribution in [2.24, 2.45) is 5.92 Å². The van der Waals surface area contributed by atoms with Crippen molar-refractivity contribution in [3.8, 4) is 22.8 Å². The first-order chi connectivity index (χ1) is 16.2. The van der Waals surface area contributed by atoms with Crippen molar-refractivity contribution in [2.45, 2.75) is 19.3 Å². The van der Waals surface area contributed by atoms with Gasteiger partial charge in [0.05, 0.1) is 19.9 Å². The number of nitrogens with one attached hydrogen (secondary N) is 1. The lowest BCUT2D eigenvalue weighted by atomic mass is 9.96. The Bertz CT molecular complexity index is 1050. The fourth-order valence-corrected chi connectivity index (χ4v) is 4.14. The Morgan fingerprint density at radius 1 is 0.970 bits per heavy atom. The summed E-state index contributed by atoms with van der Waals surface area (Å²) in [5.41, 5.74) is 3.02. The Balaban J connectivity index is 1.24. The first kappa shape index (κ1) is 22.6. The maximum Gasteiger partial charge on any atom is 0.223 e. The minimum Gasteiger partial charge on any atom is -0.493 e. The lowest BCUT2D eigenvalue weighted by molar-refractivity contribution is -0.125. The highest BCUT2D eigenvalue weighted by molar-refractivity contribution is 5.79. The monoisotopic (exact) mass is 446 g/mol. The average Bonchev–Trinajstić information content (AvgIpc) is 2.89. The molecule has 4 rings (SSSR count). The van der Waals surface area contributed by atoms with E-state index in [1.54, 1.807) is 14.2 Å². The number of rotatable bonds is 8. The van der Waals surface area contributed by atoms with E-state index in [9.17, 15) is 4.79 Å². The third kappa shape index (κ3) is 5.61. The number of nitrogens with zero attached hydrogens (tertiary/aromatic N) is 3. The summed E-state index contributed by atoms with van der Waals surface area (Å²) in [5.74, 6) is 2.43. The van der Waals surface area contributed by atoms with Crippen LogP contribution in [0.15, 0.2) is 60.7 Å². The summed E-state index contributed by atoms with van der Waals surface area (Å²) >= 11 is 0. The number of amides is 1. The first-order valence-corrected chi connectivity index (χ1v) is 11.3. The lowest BCUT2D eigenvalue weighted by Gasteiger charge is -2.31. The van der Waals surface area contributed by atoms with Crippen LogP contribution < -0.4 is 19.7 Å². The highest BCUT2D eigenvalue weighted by Gasteiger charge is 2.25. The highest BCUT2D eigenvalue weighted by Crippen LogP contribution is 2.28. The number of hydrogen-bond donors (Lipinski definition) is 1. The second-order valence-electron chi connectivity index (χ2n) is 8.13. The van der Waals surface area contributed by atoms with Crippen LogP contribution in [0, 0.1) is 5.92 Å². The molecule has 172 valence electrons. The van der Waals surface area contributed by atoms with E-state index in [4.69, 9.17) is 9.47 Å². The molecule has 0 saturated carbocycles. The third-order valence-electron chi connectivity index (χ3n) is 6.07. The van der Waals surface area contributed by atoms with Crippen LogP contribution in [0.4, 0.5) is 5.82 Å². The van der Waals surface area contributed by atoms with E-state index in [1.807, 2.05) is 60.7 Å². The third-order valence-corrected chi connectivity index (χ3v) is 6.07. The molecule has 0 unspecified atom stereocenters. The Labute approximate surface area is 194 Å². The summed E-state index contributed by atoms with van der Waals surface area (Å²) in [6.07, 6.45) is 2.36. The summed E-state index contributed by atoms with van der Waals surface area (Å²) in [6.45, 7) is 2.20. The molecule has 1 fully saturated rings. The zero-order valence-corrected chi connectivity index (χ0v) is 19.2. The smallest absolute Gasteiger partial charge is 0.223 e. The van der Waals surface area contributed by atoms with Crippen LogP contribution in [0.5, 0.6) is 11.5 Å². The molecule has 1 amide bonds. The fourth-order valence-electron chi connectivity index (χ4n) is 4.14. The zero-order valence-electron chi connectivity index (χ0n) is 19.2. The molecule has 7 nitrogen and oxygen atoms in total. The van der Waals surface area contributed by atoms with E-state index in [0.29, 0.717) is 18.0 Å². The SMILES string of the molecule is COc1ccc(CCNC(=O)C2CCN(c3ccc(-c4ccccc4)nn3)CC2)cc1OC. The molecule has 1 aromatic heterocycles. The van der Waals surface area contributed by atoms with Gasteiger partial charge in [0, 0.05) is 31.1 Å². The van der Waals surface area contributed by atoms with Gasteiger partial charge in [0.1, 0.15) is 0 Å². The van der Waals surface area contributed by atoms with E-state index < -0.39 is 0 Å². The molecule has 0 spiro atoms. The Morgan fingerprint density at radius 2 is 1.73 bits per heavy atom. The van der Waals surface area contributed by atoms with Crippen molar-refractivity contribution in [3.63, 3.8) is 0 Å². The van der Waals surface area contributed by atoms with Crippen molar-refractivity contribution in [2.75, 3.05) is 38.8 Å². The van der Waals surface area contributed by atoms with E-state index in [2.05, 4.69) is 20.4 Å². The predicted molar refractivity (Wildman–Crippen MR) is 129 cm³/mol. The molecule has 1 aliphatic heterocycles. The number of aromatic nitrogens is 2. The molecule has 2 aromatic carbocycles. The van der Waals surface area contributed by atoms with Gasteiger partial charge in [-0.05, 0) is 49.1 Å². The summed E-state index contributed by atoms with van der Waals surface area (Å²) in [6, 6.07) is 19.9. The van der Waals surface area contributed by atoms with Crippen LogP contribution in [-0.2, 0) is 11.2 Å². The van der Waals surface area contributed by atoms with E-state index in [-0.39, 0.29) is 11.8 Å². The predicted octanol–water partition coefficient (Wildman–Crippen LogP) is 3.74. The molecule has 7 heteroatoms. The second-order valence-corrected chi connectivity index (χ2v) is 8.13. The van der Waals surface area contributed by atoms with Crippen LogP contribution in [0.1, 0.15) is 18.4 Å². The van der Waals surface area contributed by atoms with Crippen molar-refractivity contribution in [1.29, 1.82) is 0 Å². The van der Waals surface area contributed by atoms with Gasteiger partial charge in [-0.3, -0.25) is 4.79 Å². The number of methoxy groups -OCH3 is 2. The van der Waals surface area contributed by atoms with Crippen molar-refractivity contribution in [3.05, 3.63) is 66.2 Å². The van der Waals surface area contributed by atoms with Crippen LogP contribution in [0.25, 0.3) is 11.3 Å². The van der Waals surface area contributed by atoms with Crippen LogP contribution in [0.2, 0.25) is 0 Å². The van der Waals surface area contributed by atoms with Gasteiger partial charge in [0.15, 0.2) is 17.3 Å². The van der Waals surface area contributed by atoms with Crippen LogP contribution in [0.3, 0.4) is 0 Å². The molecule has 1 saturated heterocycles. The molecule has 2 heterocycles. The van der Waals surface area contributed by atoms with E-state index in [0.717, 1.165) is 55.0 Å². The fraction of sp³-hybridized carbons (Fsp3) is 0.346. The van der Waals surface area contributed by atoms with Gasteiger partial charge in [-0.15, -0.1) is 10.2 Å². The van der Waals surface area contributed by atoms with E-state index >= 15 is 0 Å². The minimum absolute atomic E-state index is 0.0307. The van der Waals surface area contributed by atoms with Crippen molar-refractivity contribution < 1.29 is 14.3 Å². The normalized spacial score (nSPS) is 14.1. The zero-order chi connectivity index (χ0) is 23.0. The molecule has 3 aromatic rings. The number of carbonyl (C=O) groups is 1. The van der Waals surface area contributed by atoms with E-state index in [1.165, 1.54) is 0 Å². The first-order valence-electron chi connectivity index (χ1n) is 11.3. The van der Waals surface area contributed by atoms with Crippen molar-refractivity contribution >= 4 is 11.7 Å². The molecular formula is C26H30N4O3.